The molecule has 2 N–H and O–H groups in total. The van der Waals surface area contributed by atoms with Crippen LogP contribution in [0, 0.1) is 6.92 Å². The van der Waals surface area contributed by atoms with Crippen molar-refractivity contribution < 1.29 is 27.5 Å². The number of methoxy groups -OCH3 is 1. The molecule has 0 aliphatic rings. The fourth-order valence-corrected chi connectivity index (χ4v) is 2.44. The number of nitrogens with one attached hydrogen (secondary N) is 2. The Bertz CT molecular complexity index is 861. The van der Waals surface area contributed by atoms with Gasteiger partial charge in [0.1, 0.15) is 5.82 Å². The Morgan fingerprint density at radius 1 is 1.15 bits per heavy atom. The van der Waals surface area contributed by atoms with Crippen LogP contribution in [0.4, 0.5) is 19.0 Å². The number of esters is 1. The predicted octanol–water partition coefficient (Wildman–Crippen LogP) is 3.32. The molecule has 1 aromatic heterocycles. The highest BCUT2D eigenvalue weighted by Gasteiger charge is 2.64. The maximum atomic E-state index is 14.0. The van der Waals surface area contributed by atoms with E-state index in [2.05, 4.69) is 9.72 Å². The molecule has 0 saturated carbocycles. The van der Waals surface area contributed by atoms with Crippen molar-refractivity contribution in [1.29, 1.82) is 0 Å². The molecule has 0 saturated heterocycles. The van der Waals surface area contributed by atoms with E-state index in [9.17, 15) is 22.8 Å². The molecular formula is C17H15ClF3N3O3. The Hall–Kier alpha value is -2.81. The van der Waals surface area contributed by atoms with Gasteiger partial charge in [0.2, 0.25) is 0 Å². The van der Waals surface area contributed by atoms with E-state index >= 15 is 0 Å². The molecule has 1 unspecified atom stereocenters. The zero-order chi connectivity index (χ0) is 20.2. The van der Waals surface area contributed by atoms with E-state index in [1.165, 1.54) is 49.5 Å². The summed E-state index contributed by atoms with van der Waals surface area (Å²) in [7, 11) is 0.775. The molecule has 2 aromatic rings. The van der Waals surface area contributed by atoms with Gasteiger partial charge in [0.05, 0.1) is 17.7 Å². The summed E-state index contributed by atoms with van der Waals surface area (Å²) in [4.78, 5) is 28.4. The van der Waals surface area contributed by atoms with Crippen LogP contribution in [0.25, 0.3) is 0 Å². The number of anilines is 1. The number of amides is 1. The Kier molecular flexibility index (Phi) is 5.94. The van der Waals surface area contributed by atoms with E-state index in [1.54, 1.807) is 5.32 Å². The second kappa shape index (κ2) is 7.83. The molecule has 1 atom stereocenters. The molecule has 0 aliphatic heterocycles. The first-order valence-electron chi connectivity index (χ1n) is 7.54. The normalized spacial score (nSPS) is 13.4. The van der Waals surface area contributed by atoms with Crippen LogP contribution in [0.3, 0.4) is 0 Å². The first-order valence-corrected chi connectivity index (χ1v) is 7.92. The molecule has 0 spiro atoms. The van der Waals surface area contributed by atoms with Crippen LogP contribution in [-0.2, 0) is 9.53 Å². The number of benzene rings is 1. The molecule has 0 aliphatic carbocycles. The van der Waals surface area contributed by atoms with Gasteiger partial charge in [0, 0.05) is 6.20 Å². The van der Waals surface area contributed by atoms with Gasteiger partial charge in [-0.3, -0.25) is 4.79 Å². The lowest BCUT2D eigenvalue weighted by molar-refractivity contribution is -0.203. The van der Waals surface area contributed by atoms with Crippen LogP contribution < -0.4 is 10.6 Å². The van der Waals surface area contributed by atoms with Gasteiger partial charge in [0.15, 0.2) is 0 Å². The molecule has 10 heteroatoms. The fourth-order valence-electron chi connectivity index (χ4n) is 2.22. The van der Waals surface area contributed by atoms with Gasteiger partial charge in [-0.25, -0.2) is 9.78 Å². The van der Waals surface area contributed by atoms with Crippen molar-refractivity contribution in [2.45, 2.75) is 18.8 Å². The van der Waals surface area contributed by atoms with Gasteiger partial charge in [0.25, 0.3) is 5.91 Å². The predicted molar refractivity (Wildman–Crippen MR) is 92.3 cm³/mol. The molecule has 1 heterocycles. The zero-order valence-electron chi connectivity index (χ0n) is 14.2. The average Bonchev–Trinajstić information content (AvgIpc) is 2.61. The van der Waals surface area contributed by atoms with E-state index < -0.39 is 23.7 Å². The van der Waals surface area contributed by atoms with E-state index in [0.29, 0.717) is 5.56 Å². The Labute approximate surface area is 157 Å². The number of alkyl halides is 3. The van der Waals surface area contributed by atoms with E-state index in [-0.39, 0.29) is 16.4 Å². The van der Waals surface area contributed by atoms with Crippen LogP contribution in [0.15, 0.2) is 42.6 Å². The van der Waals surface area contributed by atoms with Gasteiger partial charge in [-0.05, 0) is 30.7 Å². The number of hydrogen-bond acceptors (Lipinski definition) is 5. The number of nitrogens with zero attached hydrogens (tertiary/aromatic N) is 1. The molecule has 1 aromatic carbocycles. The molecule has 2 rings (SSSR count). The highest BCUT2D eigenvalue weighted by Crippen LogP contribution is 2.34. The maximum absolute atomic E-state index is 14.0. The van der Waals surface area contributed by atoms with Gasteiger partial charge in [-0.1, -0.05) is 29.8 Å². The number of aromatic nitrogens is 1. The third kappa shape index (κ3) is 4.13. The highest BCUT2D eigenvalue weighted by molar-refractivity contribution is 6.33. The summed E-state index contributed by atoms with van der Waals surface area (Å²) >= 11 is 5.87. The molecular weight excluding hydrogens is 387 g/mol. The number of hydrogen-bond donors (Lipinski definition) is 2. The third-order valence-corrected chi connectivity index (χ3v) is 3.98. The van der Waals surface area contributed by atoms with Crippen molar-refractivity contribution in [3.8, 4) is 0 Å². The number of aryl methyl sites for hydroxylation is 1. The maximum Gasteiger partial charge on any atom is 0.441 e. The number of carbonyl (C=O) groups is 2. The minimum atomic E-state index is -5.26. The Balaban J connectivity index is 2.55. The van der Waals surface area contributed by atoms with Crippen molar-refractivity contribution in [1.82, 2.24) is 10.3 Å². The van der Waals surface area contributed by atoms with Gasteiger partial charge in [-0.15, -0.1) is 0 Å². The topological polar surface area (TPSA) is 80.3 Å². The molecule has 1 amide bonds. The lowest BCUT2D eigenvalue weighted by Gasteiger charge is -2.35. The number of halogens is 4. The van der Waals surface area contributed by atoms with E-state index in [4.69, 9.17) is 11.6 Å². The van der Waals surface area contributed by atoms with Crippen molar-refractivity contribution in [2.24, 2.45) is 0 Å². The minimum absolute atomic E-state index is 0.0787. The molecule has 144 valence electrons. The number of ether oxygens (including phenoxy) is 1. The number of carbonyl (C=O) groups excluding carboxylic acids is 2. The van der Waals surface area contributed by atoms with Gasteiger partial charge in [-0.2, -0.15) is 13.2 Å². The van der Waals surface area contributed by atoms with E-state index in [1.807, 2.05) is 5.32 Å². The average molecular weight is 402 g/mol. The van der Waals surface area contributed by atoms with Gasteiger partial charge < -0.3 is 15.4 Å². The summed E-state index contributed by atoms with van der Waals surface area (Å²) < 4.78 is 46.2. The van der Waals surface area contributed by atoms with Crippen LogP contribution in [0.2, 0.25) is 5.02 Å². The first kappa shape index (κ1) is 20.5. The lowest BCUT2D eigenvalue weighted by Crippen LogP contribution is -2.69. The van der Waals surface area contributed by atoms with Crippen LogP contribution in [0.1, 0.15) is 15.9 Å². The zero-order valence-corrected chi connectivity index (χ0v) is 15.0. The second-order valence-corrected chi connectivity index (χ2v) is 5.87. The molecule has 27 heavy (non-hydrogen) atoms. The van der Waals surface area contributed by atoms with Crippen LogP contribution >= 0.6 is 11.6 Å². The standard InChI is InChI=1S/C17H15ClF3N3O3/c1-10-6-5-9-22-13(10)23-16(15(26)27-2,17(19,20)21)24-14(25)11-7-3-4-8-12(11)18/h3-9H,1-2H3,(H,22,23)(H,24,25). The molecule has 0 radical (unpaired) electrons. The fraction of sp³-hybridized carbons (Fsp3) is 0.235. The molecule has 0 fully saturated rings. The van der Waals surface area contributed by atoms with Crippen molar-refractivity contribution >= 4 is 29.3 Å². The monoisotopic (exact) mass is 401 g/mol. The minimum Gasteiger partial charge on any atom is -0.466 e. The highest BCUT2D eigenvalue weighted by atomic mass is 35.5. The number of rotatable bonds is 5. The van der Waals surface area contributed by atoms with Crippen molar-refractivity contribution in [3.05, 3.63) is 58.7 Å². The molecule has 0 bridgehead atoms. The van der Waals surface area contributed by atoms with Crippen LogP contribution in [0.5, 0.6) is 0 Å². The summed E-state index contributed by atoms with van der Waals surface area (Å²) in [6, 6.07) is 8.48. The number of pyridine rings is 1. The summed E-state index contributed by atoms with van der Waals surface area (Å²) in [6.45, 7) is 1.49. The largest absolute Gasteiger partial charge is 0.466 e. The summed E-state index contributed by atoms with van der Waals surface area (Å²) in [5.41, 5.74) is -3.49. The SMILES string of the molecule is COC(=O)C(NC(=O)c1ccccc1Cl)(Nc1ncccc1C)C(F)(F)F. The van der Waals surface area contributed by atoms with Gasteiger partial charge >= 0.3 is 17.8 Å². The van der Waals surface area contributed by atoms with Crippen LogP contribution in [-0.4, -0.2) is 35.8 Å². The second-order valence-electron chi connectivity index (χ2n) is 5.47. The molecule has 6 nitrogen and oxygen atoms in total. The Morgan fingerprint density at radius 3 is 2.37 bits per heavy atom. The Morgan fingerprint density at radius 2 is 1.81 bits per heavy atom. The first-order chi connectivity index (χ1) is 12.6. The van der Waals surface area contributed by atoms with E-state index in [0.717, 1.165) is 7.11 Å². The summed E-state index contributed by atoms with van der Waals surface area (Å²) in [6.07, 6.45) is -4.02. The van der Waals surface area contributed by atoms with Crippen molar-refractivity contribution in [2.75, 3.05) is 12.4 Å². The summed E-state index contributed by atoms with van der Waals surface area (Å²) in [5, 5.41) is 3.59. The lowest BCUT2D eigenvalue weighted by atomic mass is 10.1. The quantitative estimate of drug-likeness (QED) is 0.593. The smallest absolute Gasteiger partial charge is 0.441 e. The van der Waals surface area contributed by atoms with Crippen molar-refractivity contribution in [3.63, 3.8) is 0 Å². The summed E-state index contributed by atoms with van der Waals surface area (Å²) in [5.74, 6) is -3.23. The third-order valence-electron chi connectivity index (χ3n) is 3.65.